The van der Waals surface area contributed by atoms with Gasteiger partial charge in [0.2, 0.25) is 10.0 Å². The summed E-state index contributed by atoms with van der Waals surface area (Å²) in [7, 11) is -3.53. The first-order chi connectivity index (χ1) is 8.46. The summed E-state index contributed by atoms with van der Waals surface area (Å²) >= 11 is 5.59. The number of nitrogens with zero attached hydrogens (tertiary/aromatic N) is 1. The van der Waals surface area contributed by atoms with Crippen molar-refractivity contribution in [2.45, 2.75) is 36.6 Å². The number of halogens is 2. The van der Waals surface area contributed by atoms with Gasteiger partial charge in [-0.1, -0.05) is 0 Å². The molecule has 6 heteroatoms. The van der Waals surface area contributed by atoms with Crippen molar-refractivity contribution in [2.24, 2.45) is 0 Å². The van der Waals surface area contributed by atoms with Gasteiger partial charge >= 0.3 is 0 Å². The molecule has 1 unspecified atom stereocenters. The van der Waals surface area contributed by atoms with Crippen LogP contribution in [0.5, 0.6) is 0 Å². The topological polar surface area (TPSA) is 37.4 Å². The van der Waals surface area contributed by atoms with E-state index in [0.717, 1.165) is 18.9 Å². The lowest BCUT2D eigenvalue weighted by Gasteiger charge is -2.21. The van der Waals surface area contributed by atoms with Crippen LogP contribution in [0.15, 0.2) is 23.1 Å². The van der Waals surface area contributed by atoms with Crippen LogP contribution in [0.1, 0.15) is 25.3 Å². The van der Waals surface area contributed by atoms with E-state index in [1.807, 2.05) is 6.92 Å². The van der Waals surface area contributed by atoms with Gasteiger partial charge in [0.05, 0.1) is 10.8 Å². The van der Waals surface area contributed by atoms with Gasteiger partial charge in [0, 0.05) is 18.2 Å². The van der Waals surface area contributed by atoms with Crippen LogP contribution in [-0.4, -0.2) is 25.3 Å². The van der Waals surface area contributed by atoms with Crippen LogP contribution < -0.4 is 0 Å². The summed E-state index contributed by atoms with van der Waals surface area (Å²) in [6.45, 7) is 2.41. The van der Waals surface area contributed by atoms with E-state index < -0.39 is 15.8 Å². The standard InChI is InChI=1S/C12H15ClFNO2S/c1-9-3-2-6-15(9)18(16,17)11-4-5-12(14)10(7-11)8-13/h4-5,7,9H,2-3,6,8H2,1H3. The SMILES string of the molecule is CC1CCCN1S(=O)(=O)c1ccc(F)c(CCl)c1. The van der Waals surface area contributed by atoms with Crippen molar-refractivity contribution >= 4 is 21.6 Å². The molecule has 0 saturated carbocycles. The Hall–Kier alpha value is -0.650. The predicted octanol–water partition coefficient (Wildman–Crippen LogP) is 2.74. The lowest BCUT2D eigenvalue weighted by atomic mass is 10.2. The van der Waals surface area contributed by atoms with Crippen LogP contribution in [0.4, 0.5) is 4.39 Å². The molecule has 1 aliphatic rings. The van der Waals surface area contributed by atoms with E-state index in [4.69, 9.17) is 11.6 Å². The molecule has 0 amide bonds. The Kier molecular flexibility index (Phi) is 3.94. The van der Waals surface area contributed by atoms with Gasteiger partial charge in [-0.25, -0.2) is 12.8 Å². The normalized spacial score (nSPS) is 21.4. The van der Waals surface area contributed by atoms with Crippen LogP contribution in [0.2, 0.25) is 0 Å². The Morgan fingerprint density at radius 1 is 1.50 bits per heavy atom. The smallest absolute Gasteiger partial charge is 0.207 e. The average Bonchev–Trinajstić information content (AvgIpc) is 2.76. The molecule has 3 nitrogen and oxygen atoms in total. The van der Waals surface area contributed by atoms with Crippen molar-refractivity contribution in [1.82, 2.24) is 4.31 Å². The maximum Gasteiger partial charge on any atom is 0.243 e. The van der Waals surface area contributed by atoms with E-state index in [1.165, 1.54) is 16.4 Å². The zero-order valence-corrected chi connectivity index (χ0v) is 11.6. The summed E-state index contributed by atoms with van der Waals surface area (Å²) in [6.07, 6.45) is 1.73. The van der Waals surface area contributed by atoms with Gasteiger partial charge in [0.1, 0.15) is 5.82 Å². The zero-order chi connectivity index (χ0) is 13.3. The first kappa shape index (κ1) is 13.8. The Labute approximate surface area is 112 Å². The molecule has 0 spiro atoms. The van der Waals surface area contributed by atoms with E-state index in [9.17, 15) is 12.8 Å². The maximum atomic E-state index is 13.3. The average molecular weight is 292 g/mol. The molecule has 1 saturated heterocycles. The minimum absolute atomic E-state index is 0.000459. The van der Waals surface area contributed by atoms with Crippen molar-refractivity contribution in [1.29, 1.82) is 0 Å². The monoisotopic (exact) mass is 291 g/mol. The highest BCUT2D eigenvalue weighted by atomic mass is 35.5. The number of alkyl halides is 1. The highest BCUT2D eigenvalue weighted by Gasteiger charge is 2.32. The molecule has 0 N–H and O–H groups in total. The number of rotatable bonds is 3. The minimum atomic E-state index is -3.53. The molecule has 2 rings (SSSR count). The highest BCUT2D eigenvalue weighted by Crippen LogP contribution is 2.27. The highest BCUT2D eigenvalue weighted by molar-refractivity contribution is 7.89. The molecule has 0 aromatic heterocycles. The quantitative estimate of drug-likeness (QED) is 0.803. The molecular formula is C12H15ClFNO2S. The summed E-state index contributed by atoms with van der Waals surface area (Å²) in [5.41, 5.74) is 0.213. The fourth-order valence-corrected chi connectivity index (χ4v) is 4.17. The second kappa shape index (κ2) is 5.15. The van der Waals surface area contributed by atoms with Gasteiger partial charge in [0.25, 0.3) is 0 Å². The lowest BCUT2D eigenvalue weighted by Crippen LogP contribution is -2.33. The molecule has 1 aromatic rings. The van der Waals surface area contributed by atoms with Crippen LogP contribution in [0, 0.1) is 5.82 Å². The molecule has 0 bridgehead atoms. The molecule has 1 aromatic carbocycles. The molecular weight excluding hydrogens is 277 g/mol. The summed E-state index contributed by atoms with van der Waals surface area (Å²) in [5, 5.41) is 0. The predicted molar refractivity (Wildman–Crippen MR) is 68.5 cm³/mol. The second-order valence-corrected chi connectivity index (χ2v) is 6.65. The van der Waals surface area contributed by atoms with Crippen molar-refractivity contribution in [3.05, 3.63) is 29.6 Å². The largest absolute Gasteiger partial charge is 0.243 e. The van der Waals surface area contributed by atoms with Crippen molar-refractivity contribution in [2.75, 3.05) is 6.54 Å². The van der Waals surface area contributed by atoms with E-state index >= 15 is 0 Å². The summed E-state index contributed by atoms with van der Waals surface area (Å²) < 4.78 is 39.6. The van der Waals surface area contributed by atoms with Gasteiger partial charge < -0.3 is 0 Å². The third kappa shape index (κ3) is 2.39. The van der Waals surface area contributed by atoms with Crippen LogP contribution in [0.3, 0.4) is 0 Å². The summed E-state index contributed by atoms with van der Waals surface area (Å²) in [4.78, 5) is 0.119. The molecule has 18 heavy (non-hydrogen) atoms. The van der Waals surface area contributed by atoms with Crippen molar-refractivity contribution in [3.8, 4) is 0 Å². The Balaban J connectivity index is 2.41. The second-order valence-electron chi connectivity index (χ2n) is 4.49. The number of hydrogen-bond acceptors (Lipinski definition) is 2. The zero-order valence-electron chi connectivity index (χ0n) is 10.1. The molecule has 1 atom stereocenters. The summed E-state index contributed by atoms with van der Waals surface area (Å²) in [6, 6.07) is 3.78. The fraction of sp³-hybridized carbons (Fsp3) is 0.500. The summed E-state index contributed by atoms with van der Waals surface area (Å²) in [5.74, 6) is -0.511. The first-order valence-corrected chi connectivity index (χ1v) is 7.80. The van der Waals surface area contributed by atoms with E-state index in [1.54, 1.807) is 0 Å². The first-order valence-electron chi connectivity index (χ1n) is 5.83. The van der Waals surface area contributed by atoms with Gasteiger partial charge in [-0.3, -0.25) is 0 Å². The number of benzene rings is 1. The molecule has 1 fully saturated rings. The molecule has 0 aliphatic carbocycles. The van der Waals surface area contributed by atoms with Crippen molar-refractivity contribution < 1.29 is 12.8 Å². The maximum absolute atomic E-state index is 13.3. The third-order valence-electron chi connectivity index (χ3n) is 3.26. The van der Waals surface area contributed by atoms with E-state index in [-0.39, 0.29) is 22.4 Å². The van der Waals surface area contributed by atoms with Gasteiger partial charge in [-0.2, -0.15) is 4.31 Å². The molecule has 1 heterocycles. The molecule has 100 valence electrons. The van der Waals surface area contributed by atoms with Crippen LogP contribution in [-0.2, 0) is 15.9 Å². The lowest BCUT2D eigenvalue weighted by molar-refractivity contribution is 0.408. The van der Waals surface area contributed by atoms with E-state index in [2.05, 4.69) is 0 Å². The third-order valence-corrected chi connectivity index (χ3v) is 5.56. The Bertz CT molecular complexity index is 547. The fourth-order valence-electron chi connectivity index (χ4n) is 2.21. The number of sulfonamides is 1. The molecule has 1 aliphatic heterocycles. The Morgan fingerprint density at radius 2 is 2.22 bits per heavy atom. The van der Waals surface area contributed by atoms with Gasteiger partial charge in [0.15, 0.2) is 0 Å². The van der Waals surface area contributed by atoms with Crippen LogP contribution >= 0.6 is 11.6 Å². The van der Waals surface area contributed by atoms with Gasteiger partial charge in [-0.05, 0) is 38.0 Å². The van der Waals surface area contributed by atoms with Crippen LogP contribution in [0.25, 0.3) is 0 Å². The van der Waals surface area contributed by atoms with E-state index in [0.29, 0.717) is 6.54 Å². The number of hydrogen-bond donors (Lipinski definition) is 0. The molecule has 0 radical (unpaired) electrons. The Morgan fingerprint density at radius 3 is 2.78 bits per heavy atom. The minimum Gasteiger partial charge on any atom is -0.207 e. The van der Waals surface area contributed by atoms with Gasteiger partial charge in [-0.15, -0.1) is 11.6 Å². The van der Waals surface area contributed by atoms with Crippen molar-refractivity contribution in [3.63, 3.8) is 0 Å².